The molecule has 3 rings (SSSR count). The van der Waals surface area contributed by atoms with Gasteiger partial charge in [0, 0.05) is 12.1 Å². The van der Waals surface area contributed by atoms with E-state index in [1.54, 1.807) is 7.11 Å². The van der Waals surface area contributed by atoms with Crippen LogP contribution in [0.2, 0.25) is 0 Å². The van der Waals surface area contributed by atoms with Crippen LogP contribution in [0, 0.1) is 0 Å². The fraction of sp³-hybridized carbons (Fsp3) is 0.462. The van der Waals surface area contributed by atoms with Crippen molar-refractivity contribution >= 4 is 27.5 Å². The van der Waals surface area contributed by atoms with Crippen LogP contribution in [0.4, 0.5) is 0 Å². The lowest BCUT2D eigenvalue weighted by molar-refractivity contribution is 0.337. The maximum absolute atomic E-state index is 11.8. The number of fused-ring (bicyclic) bond motifs is 1. The second-order valence-corrected chi connectivity index (χ2v) is 7.77. The molecular formula is C13H17N2O3S2+. The molecule has 7 heteroatoms. The Morgan fingerprint density at radius 2 is 2.25 bits per heavy atom. The Morgan fingerprint density at radius 1 is 1.50 bits per heavy atom. The number of ether oxygens (including phenoxy) is 1. The predicted molar refractivity (Wildman–Crippen MR) is 82.3 cm³/mol. The van der Waals surface area contributed by atoms with Gasteiger partial charge in [-0.1, -0.05) is 22.4 Å². The van der Waals surface area contributed by atoms with E-state index in [-0.39, 0.29) is 23.6 Å². The van der Waals surface area contributed by atoms with Gasteiger partial charge in [0.25, 0.3) is 0 Å². The third kappa shape index (κ3) is 2.41. The van der Waals surface area contributed by atoms with Crippen molar-refractivity contribution in [3.05, 3.63) is 29.8 Å². The average molecular weight is 313 g/mol. The van der Waals surface area contributed by atoms with E-state index in [1.165, 1.54) is 0 Å². The summed E-state index contributed by atoms with van der Waals surface area (Å²) in [4.78, 5) is 2.00. The molecule has 2 aliphatic rings. The average Bonchev–Trinajstić information content (AvgIpc) is 2.83. The quantitative estimate of drug-likeness (QED) is 0.644. The third-order valence-corrected chi connectivity index (χ3v) is 5.93. The van der Waals surface area contributed by atoms with E-state index in [9.17, 15) is 8.76 Å². The summed E-state index contributed by atoms with van der Waals surface area (Å²) in [6, 6.07) is 7.73. The number of methoxy groups -OCH3 is 1. The minimum absolute atomic E-state index is 0.00934. The fourth-order valence-corrected chi connectivity index (χ4v) is 5.19. The second kappa shape index (κ2) is 4.98. The van der Waals surface area contributed by atoms with Gasteiger partial charge in [-0.15, -0.1) is 0 Å². The highest BCUT2D eigenvalue weighted by molar-refractivity contribution is 7.98. The molecule has 0 spiro atoms. The Balaban J connectivity index is 1.83. The zero-order chi connectivity index (χ0) is 14.3. The Labute approximate surface area is 124 Å². The molecule has 2 fully saturated rings. The van der Waals surface area contributed by atoms with Crippen LogP contribution in [0.15, 0.2) is 24.3 Å². The monoisotopic (exact) mass is 313 g/mol. The molecule has 2 aliphatic heterocycles. The fourth-order valence-electron chi connectivity index (χ4n) is 2.89. The van der Waals surface area contributed by atoms with Gasteiger partial charge in [0.05, 0.1) is 7.11 Å². The molecule has 2 heterocycles. The second-order valence-electron chi connectivity index (χ2n) is 5.17. The van der Waals surface area contributed by atoms with Crippen LogP contribution >= 0.6 is 12.2 Å². The summed E-state index contributed by atoms with van der Waals surface area (Å²) in [6.45, 7) is 0.590. The predicted octanol–water partition coefficient (Wildman–Crippen LogP) is 1.11. The lowest BCUT2D eigenvalue weighted by atomic mass is 10.1. The van der Waals surface area contributed by atoms with E-state index in [4.69, 9.17) is 17.0 Å². The lowest BCUT2D eigenvalue weighted by Gasteiger charge is -2.23. The zero-order valence-electron chi connectivity index (χ0n) is 11.1. The number of nitrogens with zero attached hydrogens (tertiary/aromatic N) is 1. The summed E-state index contributed by atoms with van der Waals surface area (Å²) in [5, 5.41) is 3.81. The molecule has 2 N–H and O–H groups in total. The molecule has 0 radical (unpaired) electrons. The summed E-state index contributed by atoms with van der Waals surface area (Å²) in [5.74, 6) is 1.36. The minimum atomic E-state index is -2.71. The molecule has 1 aromatic carbocycles. The molecule has 5 nitrogen and oxygen atoms in total. The van der Waals surface area contributed by atoms with Crippen molar-refractivity contribution in [2.75, 3.05) is 18.6 Å². The maximum Gasteiger partial charge on any atom is 0.218 e. The number of para-hydroxylation sites is 1. The number of hydrogen-bond donors (Lipinski definition) is 2. The first kappa shape index (κ1) is 13.8. The number of hydrogen-bond acceptors (Lipinski definition) is 3. The molecule has 0 bridgehead atoms. The summed E-state index contributed by atoms with van der Waals surface area (Å²) < 4.78 is 27.0. The summed E-state index contributed by atoms with van der Waals surface area (Å²) in [7, 11) is -1.08. The van der Waals surface area contributed by atoms with Crippen LogP contribution in [-0.2, 0) is 21.0 Å². The van der Waals surface area contributed by atoms with Crippen molar-refractivity contribution in [1.29, 1.82) is 0 Å². The molecule has 108 valence electrons. The van der Waals surface area contributed by atoms with Crippen molar-refractivity contribution in [2.24, 2.45) is 0 Å². The summed E-state index contributed by atoms with van der Waals surface area (Å²) >= 11 is 5.35. The molecule has 0 aromatic heterocycles. The van der Waals surface area contributed by atoms with Crippen molar-refractivity contribution in [3.63, 3.8) is 0 Å². The van der Waals surface area contributed by atoms with Gasteiger partial charge >= 0.3 is 0 Å². The SMILES string of the molecule is COc1ccccc1CN1C(=S)N[C@@H]2C[S+](=O)(O)C[C@@H]21. The summed E-state index contributed by atoms with van der Waals surface area (Å²) in [6.07, 6.45) is 0. The highest BCUT2D eigenvalue weighted by atomic mass is 32.3. The van der Waals surface area contributed by atoms with Gasteiger partial charge in [-0.05, 0) is 18.3 Å². The van der Waals surface area contributed by atoms with Crippen molar-refractivity contribution in [1.82, 2.24) is 10.2 Å². The van der Waals surface area contributed by atoms with Gasteiger partial charge in [0.15, 0.2) is 16.6 Å². The van der Waals surface area contributed by atoms with Gasteiger partial charge in [0.1, 0.15) is 17.8 Å². The van der Waals surface area contributed by atoms with Gasteiger partial charge in [0.2, 0.25) is 10.2 Å². The Hall–Kier alpha value is -1.18. The summed E-state index contributed by atoms with van der Waals surface area (Å²) in [5.41, 5.74) is 1.02. The topological polar surface area (TPSA) is 61.8 Å². The molecule has 3 atom stereocenters. The van der Waals surface area contributed by atoms with Gasteiger partial charge < -0.3 is 15.0 Å². The number of thiocarbonyl (C=S) groups is 1. The third-order valence-electron chi connectivity index (χ3n) is 3.84. The van der Waals surface area contributed by atoms with E-state index in [0.717, 1.165) is 11.3 Å². The largest absolute Gasteiger partial charge is 0.496 e. The number of rotatable bonds is 3. The van der Waals surface area contributed by atoms with Gasteiger partial charge in [-0.3, -0.25) is 0 Å². The molecule has 0 amide bonds. The Bertz CT molecular complexity index is 593. The van der Waals surface area contributed by atoms with E-state index in [1.807, 2.05) is 29.2 Å². The molecule has 1 unspecified atom stereocenters. The van der Waals surface area contributed by atoms with Crippen LogP contribution in [0.25, 0.3) is 0 Å². The zero-order valence-corrected chi connectivity index (χ0v) is 12.7. The standard InChI is InChI=1S/C13H16N2O3S2/c1-18-12-5-3-2-4-9(12)6-15-11-8-20(16,17)7-10(11)14-13(15)19/h2-5,10-11H,6-8H2,1H3,(H-,14,16,17,19)/p+1/t10-,11+/m1/s1. The molecule has 1 aromatic rings. The first-order valence-electron chi connectivity index (χ1n) is 6.41. The lowest BCUT2D eigenvalue weighted by Crippen LogP contribution is -2.36. The van der Waals surface area contributed by atoms with Crippen molar-refractivity contribution < 1.29 is 13.5 Å². The molecule has 0 aliphatic carbocycles. The van der Waals surface area contributed by atoms with E-state index in [2.05, 4.69) is 5.32 Å². The van der Waals surface area contributed by atoms with Crippen molar-refractivity contribution in [2.45, 2.75) is 18.6 Å². The normalized spacial score (nSPS) is 32.1. The van der Waals surface area contributed by atoms with E-state index in [0.29, 0.717) is 11.7 Å². The van der Waals surface area contributed by atoms with Crippen LogP contribution in [0.5, 0.6) is 5.75 Å². The smallest absolute Gasteiger partial charge is 0.218 e. The Kier molecular flexibility index (Phi) is 3.43. The first-order chi connectivity index (χ1) is 9.50. The van der Waals surface area contributed by atoms with Crippen LogP contribution in [0.3, 0.4) is 0 Å². The first-order valence-corrected chi connectivity index (χ1v) is 8.67. The van der Waals surface area contributed by atoms with Crippen molar-refractivity contribution in [3.8, 4) is 5.75 Å². The maximum atomic E-state index is 11.8. The molecule has 20 heavy (non-hydrogen) atoms. The van der Waals surface area contributed by atoms with Crippen LogP contribution in [-0.4, -0.2) is 45.3 Å². The number of benzene rings is 1. The Morgan fingerprint density at radius 3 is 3.00 bits per heavy atom. The van der Waals surface area contributed by atoms with Gasteiger partial charge in [-0.25, -0.2) is 0 Å². The van der Waals surface area contributed by atoms with E-state index >= 15 is 0 Å². The molecule has 2 saturated heterocycles. The molecule has 0 saturated carbocycles. The number of nitrogens with one attached hydrogen (secondary N) is 1. The van der Waals surface area contributed by atoms with E-state index < -0.39 is 10.2 Å². The van der Waals surface area contributed by atoms with Gasteiger partial charge in [-0.2, -0.15) is 4.55 Å². The van der Waals surface area contributed by atoms with Crippen LogP contribution in [0.1, 0.15) is 5.56 Å². The minimum Gasteiger partial charge on any atom is -0.496 e. The highest BCUT2D eigenvalue weighted by Crippen LogP contribution is 2.30. The highest BCUT2D eigenvalue weighted by Gasteiger charge is 2.53. The molecular weight excluding hydrogens is 296 g/mol. The van der Waals surface area contributed by atoms with Crippen LogP contribution < -0.4 is 10.1 Å².